The Hall–Kier alpha value is -1.96. The Kier molecular flexibility index (Phi) is 3.99. The predicted octanol–water partition coefficient (Wildman–Crippen LogP) is 0.0984. The van der Waals surface area contributed by atoms with Crippen LogP contribution in [0, 0.1) is 0 Å². The average molecular weight is 299 g/mol. The van der Waals surface area contributed by atoms with Gasteiger partial charge in [0.1, 0.15) is 11.3 Å². The lowest BCUT2D eigenvalue weighted by molar-refractivity contribution is 0.0196. The quantitative estimate of drug-likeness (QED) is 0.807. The van der Waals surface area contributed by atoms with Gasteiger partial charge < -0.3 is 19.8 Å². The molecule has 0 fully saturated rings. The Morgan fingerprint density at radius 1 is 1.33 bits per heavy atom. The summed E-state index contributed by atoms with van der Waals surface area (Å²) in [6.07, 6.45) is -0.476. The SMILES string of the molecule is CC(C)(C)OC(=O)N1CCn2c(c(O)n(CCO)c2=O)C1. The molecule has 0 saturated heterocycles. The van der Waals surface area contributed by atoms with Gasteiger partial charge in [-0.3, -0.25) is 9.13 Å². The summed E-state index contributed by atoms with van der Waals surface area (Å²) in [7, 11) is 0. The second kappa shape index (κ2) is 5.44. The van der Waals surface area contributed by atoms with Crippen LogP contribution >= 0.6 is 0 Å². The van der Waals surface area contributed by atoms with Crippen molar-refractivity contribution in [3.63, 3.8) is 0 Å². The maximum Gasteiger partial charge on any atom is 0.410 e. The van der Waals surface area contributed by atoms with Gasteiger partial charge >= 0.3 is 11.8 Å². The number of nitrogens with zero attached hydrogens (tertiary/aromatic N) is 3. The first-order valence-electron chi connectivity index (χ1n) is 6.84. The molecule has 1 aliphatic heterocycles. The number of hydrogen-bond acceptors (Lipinski definition) is 5. The van der Waals surface area contributed by atoms with E-state index in [1.807, 2.05) is 0 Å². The van der Waals surface area contributed by atoms with Crippen molar-refractivity contribution >= 4 is 6.09 Å². The van der Waals surface area contributed by atoms with Crippen LogP contribution < -0.4 is 5.69 Å². The standard InChI is InChI=1S/C13H21N3O5/c1-13(2,3)21-12(20)14-4-5-15-9(8-14)10(18)16(6-7-17)11(15)19/h17-18H,4-8H2,1-3H3. The maximum atomic E-state index is 12.0. The van der Waals surface area contributed by atoms with Gasteiger partial charge in [-0.1, -0.05) is 0 Å². The number of aromatic hydroxyl groups is 1. The molecule has 1 aliphatic rings. The number of aliphatic hydroxyl groups is 1. The zero-order valence-electron chi connectivity index (χ0n) is 12.5. The van der Waals surface area contributed by atoms with Crippen LogP contribution in [0.5, 0.6) is 5.88 Å². The van der Waals surface area contributed by atoms with E-state index in [1.54, 1.807) is 20.8 Å². The third-order valence-electron chi connectivity index (χ3n) is 3.21. The van der Waals surface area contributed by atoms with Crippen LogP contribution in [0.1, 0.15) is 26.5 Å². The summed E-state index contributed by atoms with van der Waals surface area (Å²) in [6.45, 7) is 5.85. The molecule has 0 aromatic carbocycles. The van der Waals surface area contributed by atoms with Crippen molar-refractivity contribution in [1.29, 1.82) is 0 Å². The predicted molar refractivity (Wildman–Crippen MR) is 74.1 cm³/mol. The number of aliphatic hydroxyl groups excluding tert-OH is 1. The topological polar surface area (TPSA) is 96.9 Å². The van der Waals surface area contributed by atoms with Crippen molar-refractivity contribution in [1.82, 2.24) is 14.0 Å². The highest BCUT2D eigenvalue weighted by Gasteiger charge is 2.30. The van der Waals surface area contributed by atoms with E-state index in [1.165, 1.54) is 9.47 Å². The van der Waals surface area contributed by atoms with Crippen molar-refractivity contribution in [2.75, 3.05) is 13.2 Å². The third-order valence-corrected chi connectivity index (χ3v) is 3.21. The Morgan fingerprint density at radius 3 is 2.57 bits per heavy atom. The fourth-order valence-corrected chi connectivity index (χ4v) is 2.28. The first-order valence-corrected chi connectivity index (χ1v) is 6.84. The number of carbonyl (C=O) groups excluding carboxylic acids is 1. The Labute approximate surface area is 122 Å². The minimum absolute atomic E-state index is 0.0249. The lowest BCUT2D eigenvalue weighted by Gasteiger charge is -2.30. The molecule has 0 aliphatic carbocycles. The fraction of sp³-hybridized carbons (Fsp3) is 0.692. The molecule has 8 heteroatoms. The van der Waals surface area contributed by atoms with Gasteiger partial charge in [-0.05, 0) is 20.8 Å². The van der Waals surface area contributed by atoms with E-state index in [9.17, 15) is 14.7 Å². The number of imidazole rings is 1. The zero-order chi connectivity index (χ0) is 15.8. The highest BCUT2D eigenvalue weighted by atomic mass is 16.6. The minimum Gasteiger partial charge on any atom is -0.493 e. The Morgan fingerprint density at radius 2 is 2.00 bits per heavy atom. The van der Waals surface area contributed by atoms with E-state index in [0.29, 0.717) is 18.8 Å². The average Bonchev–Trinajstić information content (AvgIpc) is 2.62. The highest BCUT2D eigenvalue weighted by molar-refractivity contribution is 5.68. The molecule has 0 saturated carbocycles. The van der Waals surface area contributed by atoms with Crippen molar-refractivity contribution in [2.24, 2.45) is 0 Å². The van der Waals surface area contributed by atoms with Crippen LogP contribution in [0.4, 0.5) is 4.79 Å². The van der Waals surface area contributed by atoms with E-state index in [4.69, 9.17) is 9.84 Å². The smallest absolute Gasteiger partial charge is 0.410 e. The molecule has 0 bridgehead atoms. The monoisotopic (exact) mass is 299 g/mol. The van der Waals surface area contributed by atoms with E-state index in [-0.39, 0.29) is 31.3 Å². The first-order chi connectivity index (χ1) is 9.74. The zero-order valence-corrected chi connectivity index (χ0v) is 12.5. The number of hydrogen-bond donors (Lipinski definition) is 2. The molecular formula is C13H21N3O5. The van der Waals surface area contributed by atoms with E-state index >= 15 is 0 Å². The lowest BCUT2D eigenvalue weighted by atomic mass is 10.2. The molecular weight excluding hydrogens is 278 g/mol. The van der Waals surface area contributed by atoms with Crippen LogP contribution in [0.15, 0.2) is 4.79 Å². The maximum absolute atomic E-state index is 12.0. The first kappa shape index (κ1) is 15.4. The van der Waals surface area contributed by atoms with Crippen molar-refractivity contribution < 1.29 is 19.7 Å². The normalized spacial score (nSPS) is 15.0. The van der Waals surface area contributed by atoms with E-state index in [2.05, 4.69) is 0 Å². The summed E-state index contributed by atoms with van der Waals surface area (Å²) < 4.78 is 7.82. The molecule has 21 heavy (non-hydrogen) atoms. The van der Waals surface area contributed by atoms with Crippen molar-refractivity contribution in [3.05, 3.63) is 16.2 Å². The number of carbonyl (C=O) groups is 1. The van der Waals surface area contributed by atoms with Crippen molar-refractivity contribution in [3.8, 4) is 5.88 Å². The van der Waals surface area contributed by atoms with Gasteiger partial charge in [0.2, 0.25) is 5.88 Å². The summed E-state index contributed by atoms with van der Waals surface area (Å²) in [5.74, 6) is -0.206. The number of amides is 1. The van der Waals surface area contributed by atoms with Gasteiger partial charge in [-0.2, -0.15) is 0 Å². The van der Waals surface area contributed by atoms with Gasteiger partial charge in [-0.25, -0.2) is 9.59 Å². The molecule has 0 atom stereocenters. The van der Waals surface area contributed by atoms with E-state index < -0.39 is 11.7 Å². The molecule has 1 aromatic rings. The summed E-state index contributed by atoms with van der Waals surface area (Å²) in [4.78, 5) is 25.5. The molecule has 2 heterocycles. The Balaban J connectivity index is 2.23. The third kappa shape index (κ3) is 3.05. The molecule has 0 spiro atoms. The number of fused-ring (bicyclic) bond motifs is 1. The molecule has 0 radical (unpaired) electrons. The summed E-state index contributed by atoms with van der Waals surface area (Å²) in [6, 6.07) is 0. The van der Waals surface area contributed by atoms with Crippen LogP contribution in [0.25, 0.3) is 0 Å². The second-order valence-corrected chi connectivity index (χ2v) is 5.98. The molecule has 1 amide bonds. The van der Waals surface area contributed by atoms with Crippen LogP contribution in [0.2, 0.25) is 0 Å². The van der Waals surface area contributed by atoms with Crippen molar-refractivity contribution in [2.45, 2.75) is 46.0 Å². The summed E-state index contributed by atoms with van der Waals surface area (Å²) in [5, 5.41) is 19.0. The molecule has 118 valence electrons. The Bertz CT molecular complexity index is 596. The van der Waals surface area contributed by atoms with Gasteiger partial charge in [-0.15, -0.1) is 0 Å². The highest BCUT2D eigenvalue weighted by Crippen LogP contribution is 2.22. The lowest BCUT2D eigenvalue weighted by Crippen LogP contribution is -2.43. The van der Waals surface area contributed by atoms with Gasteiger partial charge in [0.25, 0.3) is 0 Å². The molecule has 2 N–H and O–H groups in total. The largest absolute Gasteiger partial charge is 0.493 e. The minimum atomic E-state index is -0.598. The van der Waals surface area contributed by atoms with Crippen LogP contribution in [-0.4, -0.2) is 49.1 Å². The summed E-state index contributed by atoms with van der Waals surface area (Å²) in [5.41, 5.74) is -0.607. The fourth-order valence-electron chi connectivity index (χ4n) is 2.28. The van der Waals surface area contributed by atoms with Gasteiger partial charge in [0.15, 0.2) is 0 Å². The molecule has 0 unspecified atom stereocenters. The second-order valence-electron chi connectivity index (χ2n) is 5.98. The summed E-state index contributed by atoms with van der Waals surface area (Å²) >= 11 is 0. The van der Waals surface area contributed by atoms with Gasteiger partial charge in [0, 0.05) is 13.1 Å². The molecule has 2 rings (SSSR count). The number of aromatic nitrogens is 2. The van der Waals surface area contributed by atoms with Crippen LogP contribution in [-0.2, 0) is 24.4 Å². The number of rotatable bonds is 2. The molecule has 8 nitrogen and oxygen atoms in total. The number of ether oxygens (including phenoxy) is 1. The molecule has 1 aromatic heterocycles. The van der Waals surface area contributed by atoms with Gasteiger partial charge in [0.05, 0.1) is 19.7 Å². The van der Waals surface area contributed by atoms with E-state index in [0.717, 1.165) is 4.57 Å². The van der Waals surface area contributed by atoms with Crippen LogP contribution in [0.3, 0.4) is 0 Å².